The Morgan fingerprint density at radius 2 is 2.11 bits per heavy atom. The molecule has 0 aliphatic rings. The Morgan fingerprint density at radius 3 is 2.68 bits per heavy atom. The number of hydrogen-bond acceptors (Lipinski definition) is 4. The fourth-order valence-electron chi connectivity index (χ4n) is 2.20. The maximum absolute atomic E-state index is 14.2. The van der Waals surface area contributed by atoms with Gasteiger partial charge in [0, 0.05) is 18.8 Å². The molecule has 0 fully saturated rings. The molecule has 0 spiro atoms. The number of anilines is 1. The smallest absolute Gasteiger partial charge is 0.244 e. The highest BCUT2D eigenvalue weighted by Gasteiger charge is 2.14. The topological polar surface area (TPSA) is 88.2 Å². The number of alkyl halides is 1. The summed E-state index contributed by atoms with van der Waals surface area (Å²) in [6, 6.07) is 5.61. The summed E-state index contributed by atoms with van der Waals surface area (Å²) in [5.74, 6) is 0.920. The lowest BCUT2D eigenvalue weighted by Crippen LogP contribution is -2.20. The zero-order chi connectivity index (χ0) is 20.7. The van der Waals surface area contributed by atoms with Crippen LogP contribution in [0, 0.1) is 18.2 Å². The Morgan fingerprint density at radius 1 is 1.36 bits per heavy atom. The summed E-state index contributed by atoms with van der Waals surface area (Å²) in [4.78, 5) is 15.8. The van der Waals surface area contributed by atoms with Gasteiger partial charge in [0.05, 0.1) is 23.2 Å². The summed E-state index contributed by atoms with van der Waals surface area (Å²) in [5, 5.41) is 2.56. The number of nitrogens with one attached hydrogen (secondary N) is 2. The normalized spacial score (nSPS) is 11.2. The largest absolute Gasteiger partial charge is 0.348 e. The van der Waals surface area contributed by atoms with Crippen LogP contribution < -0.4 is 10.0 Å². The van der Waals surface area contributed by atoms with E-state index in [9.17, 15) is 22.0 Å². The summed E-state index contributed by atoms with van der Waals surface area (Å²) < 4.78 is 51.3. The molecule has 0 saturated heterocycles. The molecule has 0 radical (unpaired) electrons. The number of rotatable bonds is 7. The van der Waals surface area contributed by atoms with Gasteiger partial charge in [-0.25, -0.2) is 17.2 Å². The second-order valence-electron chi connectivity index (χ2n) is 5.79. The molecule has 0 atom stereocenters. The van der Waals surface area contributed by atoms with E-state index in [4.69, 9.17) is 6.42 Å². The van der Waals surface area contributed by atoms with Crippen LogP contribution in [0.2, 0.25) is 0 Å². The van der Waals surface area contributed by atoms with Gasteiger partial charge in [0.1, 0.15) is 12.5 Å². The lowest BCUT2D eigenvalue weighted by molar-refractivity contribution is -0.116. The second-order valence-corrected chi connectivity index (χ2v) is 7.53. The molecular weight excluding hydrogens is 388 g/mol. The number of amides is 1. The number of carbonyl (C=O) groups is 1. The minimum Gasteiger partial charge on any atom is -0.348 e. The van der Waals surface area contributed by atoms with Crippen molar-refractivity contribution >= 4 is 27.7 Å². The van der Waals surface area contributed by atoms with Crippen LogP contribution in [0.5, 0.6) is 0 Å². The van der Waals surface area contributed by atoms with Gasteiger partial charge in [0.25, 0.3) is 0 Å². The average molecular weight is 405 g/mol. The Hall–Kier alpha value is -3.25. The number of sulfonamides is 1. The van der Waals surface area contributed by atoms with E-state index < -0.39 is 28.4 Å². The quantitative estimate of drug-likeness (QED) is 0.547. The van der Waals surface area contributed by atoms with Crippen molar-refractivity contribution in [3.05, 3.63) is 64.7 Å². The van der Waals surface area contributed by atoms with Crippen LogP contribution in [-0.4, -0.2) is 25.6 Å². The van der Waals surface area contributed by atoms with Crippen molar-refractivity contribution in [3.63, 3.8) is 0 Å². The van der Waals surface area contributed by atoms with Gasteiger partial charge in [0.15, 0.2) is 0 Å². The maximum atomic E-state index is 14.2. The van der Waals surface area contributed by atoms with Gasteiger partial charge in [0.2, 0.25) is 15.9 Å². The van der Waals surface area contributed by atoms with E-state index in [1.54, 1.807) is 6.07 Å². The summed E-state index contributed by atoms with van der Waals surface area (Å²) >= 11 is 0. The minimum atomic E-state index is -3.70. The van der Waals surface area contributed by atoms with Gasteiger partial charge in [-0.05, 0) is 35.4 Å². The van der Waals surface area contributed by atoms with Gasteiger partial charge in [-0.2, -0.15) is 0 Å². The van der Waals surface area contributed by atoms with E-state index in [-0.39, 0.29) is 17.8 Å². The van der Waals surface area contributed by atoms with Crippen LogP contribution in [-0.2, 0) is 28.0 Å². The molecular formula is C19H17F2N3O3S. The number of pyridine rings is 1. The number of halogens is 2. The first kappa shape index (κ1) is 21.1. The van der Waals surface area contributed by atoms with E-state index in [1.807, 2.05) is 4.72 Å². The first-order valence-corrected chi connectivity index (χ1v) is 9.84. The number of terminal acetylenes is 1. The molecule has 9 heteroatoms. The maximum Gasteiger partial charge on any atom is 0.244 e. The van der Waals surface area contributed by atoms with Crippen LogP contribution in [0.1, 0.15) is 22.4 Å². The SMILES string of the molecule is C#Cc1cc(CNC(=O)/C=C/c2ccc(CF)nc2)cc(F)c1NS(C)(=O)=O. The molecule has 1 amide bonds. The molecule has 6 nitrogen and oxygen atoms in total. The molecule has 2 N–H and O–H groups in total. The fraction of sp³-hybridized carbons (Fsp3) is 0.158. The molecule has 2 aromatic rings. The predicted octanol–water partition coefficient (Wildman–Crippen LogP) is 2.37. The van der Waals surface area contributed by atoms with Crippen molar-refractivity contribution in [2.24, 2.45) is 0 Å². The van der Waals surface area contributed by atoms with E-state index >= 15 is 0 Å². The van der Waals surface area contributed by atoms with Gasteiger partial charge in [-0.3, -0.25) is 14.5 Å². The van der Waals surface area contributed by atoms with Crippen LogP contribution in [0.25, 0.3) is 6.08 Å². The van der Waals surface area contributed by atoms with Crippen LogP contribution in [0.4, 0.5) is 14.5 Å². The fourth-order valence-corrected chi connectivity index (χ4v) is 2.78. The molecule has 1 heterocycles. The van der Waals surface area contributed by atoms with Gasteiger partial charge >= 0.3 is 0 Å². The highest BCUT2D eigenvalue weighted by Crippen LogP contribution is 2.22. The van der Waals surface area contributed by atoms with Crippen molar-refractivity contribution in [1.29, 1.82) is 0 Å². The number of nitrogens with zero attached hydrogens (tertiary/aromatic N) is 1. The van der Waals surface area contributed by atoms with Crippen molar-refractivity contribution in [2.45, 2.75) is 13.2 Å². The number of aromatic nitrogens is 1. The summed E-state index contributed by atoms with van der Waals surface area (Å²) in [7, 11) is -3.70. The standard InChI is InChI=1S/C19H17F2N3O3S/c1-3-15-8-14(9-17(21)19(15)24-28(2,26)27)12-23-18(25)7-5-13-4-6-16(10-20)22-11-13/h1,4-9,11,24H,10,12H2,2H3,(H,23,25)/b7-5+. The Balaban J connectivity index is 2.05. The highest BCUT2D eigenvalue weighted by molar-refractivity contribution is 7.92. The van der Waals surface area contributed by atoms with Gasteiger partial charge < -0.3 is 5.32 Å². The first-order valence-electron chi connectivity index (χ1n) is 7.95. The number of hydrogen-bond donors (Lipinski definition) is 2. The van der Waals surface area contributed by atoms with Crippen LogP contribution in [0.15, 0.2) is 36.5 Å². The molecule has 0 unspecified atom stereocenters. The van der Waals surface area contributed by atoms with Crippen LogP contribution in [0.3, 0.4) is 0 Å². The lowest BCUT2D eigenvalue weighted by atomic mass is 10.1. The average Bonchev–Trinajstić information content (AvgIpc) is 2.65. The predicted molar refractivity (Wildman–Crippen MR) is 103 cm³/mol. The molecule has 2 rings (SSSR count). The highest BCUT2D eigenvalue weighted by atomic mass is 32.2. The second kappa shape index (κ2) is 9.10. The van der Waals surface area contributed by atoms with Crippen molar-refractivity contribution in [2.75, 3.05) is 11.0 Å². The third-order valence-corrected chi connectivity index (χ3v) is 4.05. The monoisotopic (exact) mass is 405 g/mol. The first-order chi connectivity index (χ1) is 13.2. The van der Waals surface area contributed by atoms with E-state index in [0.29, 0.717) is 16.8 Å². The molecule has 1 aromatic carbocycles. The number of benzene rings is 1. The van der Waals surface area contributed by atoms with Gasteiger partial charge in [-0.15, -0.1) is 6.42 Å². The molecule has 0 aliphatic heterocycles. The van der Waals surface area contributed by atoms with Crippen LogP contribution >= 0.6 is 0 Å². The van der Waals surface area contributed by atoms with E-state index in [0.717, 1.165) is 12.3 Å². The van der Waals surface area contributed by atoms with Crippen molar-refractivity contribution < 1.29 is 22.0 Å². The molecule has 0 bridgehead atoms. The molecule has 146 valence electrons. The van der Waals surface area contributed by atoms with Gasteiger partial charge in [-0.1, -0.05) is 12.0 Å². The van der Waals surface area contributed by atoms with Crippen molar-refractivity contribution in [1.82, 2.24) is 10.3 Å². The summed E-state index contributed by atoms with van der Waals surface area (Å²) in [6.07, 6.45) is 10.4. The van der Waals surface area contributed by atoms with E-state index in [2.05, 4.69) is 16.2 Å². The summed E-state index contributed by atoms with van der Waals surface area (Å²) in [6.45, 7) is -0.688. The molecule has 1 aromatic heterocycles. The number of carbonyl (C=O) groups excluding carboxylic acids is 1. The third kappa shape index (κ3) is 6.17. The minimum absolute atomic E-state index is 0.0178. The Bertz CT molecular complexity index is 1040. The van der Waals surface area contributed by atoms with E-state index in [1.165, 1.54) is 30.5 Å². The Kier molecular flexibility index (Phi) is 6.84. The molecule has 28 heavy (non-hydrogen) atoms. The zero-order valence-corrected chi connectivity index (χ0v) is 15.7. The third-order valence-electron chi connectivity index (χ3n) is 3.47. The summed E-state index contributed by atoms with van der Waals surface area (Å²) in [5.41, 5.74) is 0.972. The van der Waals surface area contributed by atoms with Crippen molar-refractivity contribution in [3.8, 4) is 12.3 Å². The zero-order valence-electron chi connectivity index (χ0n) is 14.9. The molecule has 0 saturated carbocycles. The Labute approximate surface area is 161 Å². The lowest BCUT2D eigenvalue weighted by Gasteiger charge is -2.11. The molecule has 0 aliphatic carbocycles.